The lowest BCUT2D eigenvalue weighted by Gasteiger charge is -2.34. The molecule has 4 aromatic carbocycles. The molecule has 0 bridgehead atoms. The van der Waals surface area contributed by atoms with Gasteiger partial charge in [0.15, 0.2) is 7.28 Å². The zero-order chi connectivity index (χ0) is 18.3. The maximum absolute atomic E-state index is 2.39. The van der Waals surface area contributed by atoms with Gasteiger partial charge in [0.05, 0.1) is 5.41 Å². The van der Waals surface area contributed by atoms with Crippen molar-refractivity contribution in [2.75, 3.05) is 0 Å². The Bertz CT molecular complexity index is 1070. The number of hydrogen-bond donors (Lipinski definition) is 0. The van der Waals surface area contributed by atoms with Crippen molar-refractivity contribution in [3.05, 3.63) is 125 Å². The second-order valence-electron chi connectivity index (χ2n) is 7.26. The first-order valence-corrected chi connectivity index (χ1v) is 9.70. The van der Waals surface area contributed by atoms with Crippen LogP contribution < -0.4 is 5.46 Å². The number of hydrogen-bond acceptors (Lipinski definition) is 0. The van der Waals surface area contributed by atoms with E-state index >= 15 is 0 Å². The molecule has 0 N–H and O–H groups in total. The first-order valence-electron chi connectivity index (χ1n) is 9.70. The van der Waals surface area contributed by atoms with E-state index in [1.807, 2.05) is 0 Å². The fourth-order valence-electron chi connectivity index (χ4n) is 4.74. The Kier molecular flexibility index (Phi) is 3.76. The average molecular weight is 344 g/mol. The average Bonchev–Trinajstić information content (AvgIpc) is 3.06. The maximum Gasteiger partial charge on any atom is 0.154 e. The van der Waals surface area contributed by atoms with Crippen LogP contribution in [0.2, 0.25) is 6.82 Å². The number of rotatable bonds is 3. The fraction of sp³-hybridized carbons (Fsp3) is 0.0769. The summed E-state index contributed by atoms with van der Waals surface area (Å²) in [5.41, 5.74) is 9.25. The molecule has 128 valence electrons. The normalized spacial score (nSPS) is 13.7. The van der Waals surface area contributed by atoms with Gasteiger partial charge in [-0.15, -0.1) is 0 Å². The van der Waals surface area contributed by atoms with Gasteiger partial charge in [0.1, 0.15) is 0 Å². The van der Waals surface area contributed by atoms with Crippen LogP contribution in [0, 0.1) is 0 Å². The second kappa shape index (κ2) is 6.28. The lowest BCUT2D eigenvalue weighted by molar-refractivity contribution is 0.769. The Morgan fingerprint density at radius 2 is 1.11 bits per heavy atom. The lowest BCUT2D eigenvalue weighted by atomic mass is 9.65. The summed E-state index contributed by atoms with van der Waals surface area (Å²) < 4.78 is 0. The van der Waals surface area contributed by atoms with E-state index in [1.54, 1.807) is 0 Å². The Hall–Kier alpha value is -3.06. The molecule has 0 saturated carbocycles. The molecule has 0 nitrogen and oxygen atoms in total. The summed E-state index contributed by atoms with van der Waals surface area (Å²) in [4.78, 5) is 0. The van der Waals surface area contributed by atoms with Gasteiger partial charge in [-0.2, -0.15) is 0 Å². The van der Waals surface area contributed by atoms with E-state index in [4.69, 9.17) is 0 Å². The van der Waals surface area contributed by atoms with Crippen LogP contribution in [-0.4, -0.2) is 7.28 Å². The van der Waals surface area contributed by atoms with Gasteiger partial charge in [-0.1, -0.05) is 115 Å². The number of fused-ring (bicyclic) bond motifs is 3. The summed E-state index contributed by atoms with van der Waals surface area (Å²) in [7, 11) is 1.04. The van der Waals surface area contributed by atoms with E-state index in [2.05, 4.69) is 110 Å². The molecule has 0 heterocycles. The highest BCUT2D eigenvalue weighted by Gasteiger charge is 2.45. The van der Waals surface area contributed by atoms with Crippen LogP contribution in [0.3, 0.4) is 0 Å². The van der Waals surface area contributed by atoms with E-state index in [0.717, 1.165) is 7.28 Å². The minimum absolute atomic E-state index is 0.264. The van der Waals surface area contributed by atoms with Crippen LogP contribution in [0.5, 0.6) is 0 Å². The third-order valence-corrected chi connectivity index (χ3v) is 5.93. The van der Waals surface area contributed by atoms with Crippen molar-refractivity contribution in [3.8, 4) is 11.1 Å². The van der Waals surface area contributed by atoms with Crippen molar-refractivity contribution in [2.24, 2.45) is 0 Å². The standard InChI is InChI=1S/C26H21B/c1-27-21-13-9-12-20(18-21)26(19-10-3-2-4-11-19)24-16-7-5-14-22(24)23-15-6-8-17-25(23)26/h2-18,27H,1H3. The Balaban J connectivity index is 1.95. The lowest BCUT2D eigenvalue weighted by Crippen LogP contribution is -2.30. The minimum atomic E-state index is -0.264. The van der Waals surface area contributed by atoms with Gasteiger partial charge in [-0.3, -0.25) is 0 Å². The van der Waals surface area contributed by atoms with Crippen LogP contribution in [0.25, 0.3) is 11.1 Å². The predicted octanol–water partition coefficient (Wildman–Crippen LogP) is 5.16. The van der Waals surface area contributed by atoms with Gasteiger partial charge in [-0.25, -0.2) is 0 Å². The summed E-state index contributed by atoms with van der Waals surface area (Å²) in [6, 6.07) is 37.9. The first kappa shape index (κ1) is 16.1. The SMILES string of the molecule is CBc1cccc(C2(c3ccccc3)c3ccccc3-c3ccccc32)c1. The molecule has 0 saturated heterocycles. The minimum Gasteiger partial charge on any atom is -0.0849 e. The van der Waals surface area contributed by atoms with Crippen LogP contribution >= 0.6 is 0 Å². The third kappa shape index (κ3) is 2.25. The van der Waals surface area contributed by atoms with Crippen LogP contribution in [0.1, 0.15) is 22.3 Å². The maximum atomic E-state index is 2.39. The quantitative estimate of drug-likeness (QED) is 0.397. The van der Waals surface area contributed by atoms with Crippen molar-refractivity contribution >= 4 is 12.7 Å². The molecular weight excluding hydrogens is 323 g/mol. The fourth-order valence-corrected chi connectivity index (χ4v) is 4.74. The molecule has 1 aliphatic carbocycles. The van der Waals surface area contributed by atoms with Crippen LogP contribution in [0.4, 0.5) is 0 Å². The van der Waals surface area contributed by atoms with E-state index in [9.17, 15) is 0 Å². The number of benzene rings is 4. The molecule has 0 spiro atoms. The van der Waals surface area contributed by atoms with Gasteiger partial charge in [0.2, 0.25) is 0 Å². The summed E-state index contributed by atoms with van der Waals surface area (Å²) in [5.74, 6) is 0. The van der Waals surface area contributed by atoms with Crippen LogP contribution in [-0.2, 0) is 5.41 Å². The summed E-state index contributed by atoms with van der Waals surface area (Å²) >= 11 is 0. The Labute approximate surface area is 161 Å². The molecular formula is C26H21B. The monoisotopic (exact) mass is 344 g/mol. The van der Waals surface area contributed by atoms with Gasteiger partial charge in [-0.05, 0) is 33.4 Å². The van der Waals surface area contributed by atoms with Crippen molar-refractivity contribution in [1.82, 2.24) is 0 Å². The zero-order valence-electron chi connectivity index (χ0n) is 15.5. The molecule has 27 heavy (non-hydrogen) atoms. The van der Waals surface area contributed by atoms with Gasteiger partial charge < -0.3 is 0 Å². The van der Waals surface area contributed by atoms with E-state index in [-0.39, 0.29) is 5.41 Å². The smallest absolute Gasteiger partial charge is 0.0849 e. The first-order chi connectivity index (χ1) is 13.4. The van der Waals surface area contributed by atoms with Crippen molar-refractivity contribution < 1.29 is 0 Å². The second-order valence-corrected chi connectivity index (χ2v) is 7.26. The van der Waals surface area contributed by atoms with E-state index in [1.165, 1.54) is 38.8 Å². The van der Waals surface area contributed by atoms with Gasteiger partial charge >= 0.3 is 0 Å². The summed E-state index contributed by atoms with van der Waals surface area (Å²) in [6.45, 7) is 2.23. The highest BCUT2D eigenvalue weighted by molar-refractivity contribution is 6.51. The van der Waals surface area contributed by atoms with Crippen molar-refractivity contribution in [3.63, 3.8) is 0 Å². The summed E-state index contributed by atoms with van der Waals surface area (Å²) in [6.07, 6.45) is 0. The highest BCUT2D eigenvalue weighted by atomic mass is 14.5. The van der Waals surface area contributed by atoms with E-state index in [0.29, 0.717) is 0 Å². The largest absolute Gasteiger partial charge is 0.154 e. The Morgan fingerprint density at radius 1 is 0.556 bits per heavy atom. The molecule has 0 fully saturated rings. The molecule has 0 atom stereocenters. The molecule has 5 rings (SSSR count). The van der Waals surface area contributed by atoms with Crippen molar-refractivity contribution in [2.45, 2.75) is 12.2 Å². The van der Waals surface area contributed by atoms with Gasteiger partial charge in [0, 0.05) is 0 Å². The Morgan fingerprint density at radius 3 is 1.74 bits per heavy atom. The topological polar surface area (TPSA) is 0 Å². The molecule has 0 radical (unpaired) electrons. The zero-order valence-corrected chi connectivity index (χ0v) is 15.5. The highest BCUT2D eigenvalue weighted by Crippen LogP contribution is 2.55. The molecule has 1 aliphatic rings. The molecule has 0 aromatic heterocycles. The van der Waals surface area contributed by atoms with Gasteiger partial charge in [0.25, 0.3) is 0 Å². The summed E-state index contributed by atoms with van der Waals surface area (Å²) in [5, 5.41) is 0. The van der Waals surface area contributed by atoms with E-state index < -0.39 is 0 Å². The molecule has 1 heteroatoms. The van der Waals surface area contributed by atoms with Crippen LogP contribution in [0.15, 0.2) is 103 Å². The predicted molar refractivity (Wildman–Crippen MR) is 116 cm³/mol. The molecule has 0 aliphatic heterocycles. The molecule has 4 aromatic rings. The molecule has 0 unspecified atom stereocenters. The van der Waals surface area contributed by atoms with Crippen molar-refractivity contribution in [1.29, 1.82) is 0 Å². The molecule has 0 amide bonds. The third-order valence-electron chi connectivity index (χ3n) is 5.93.